The van der Waals surface area contributed by atoms with Crippen LogP contribution in [0.2, 0.25) is 5.02 Å². The number of anilines is 1. The Hall–Kier alpha value is -2.01. The fourth-order valence-corrected chi connectivity index (χ4v) is 3.21. The molecule has 21 heavy (non-hydrogen) atoms. The summed E-state index contributed by atoms with van der Waals surface area (Å²) in [4.78, 5) is 7.02. The molecular formula is C15H16ClN5. The molecule has 0 bridgehead atoms. The van der Waals surface area contributed by atoms with Crippen LogP contribution in [0.3, 0.4) is 0 Å². The van der Waals surface area contributed by atoms with Gasteiger partial charge in [0.25, 0.3) is 0 Å². The Kier molecular flexibility index (Phi) is 2.72. The number of fused-ring (bicyclic) bond motifs is 1. The predicted octanol–water partition coefficient (Wildman–Crippen LogP) is 2.56. The summed E-state index contributed by atoms with van der Waals surface area (Å²) in [5.74, 6) is 1.53. The van der Waals surface area contributed by atoms with Gasteiger partial charge in [0.05, 0.1) is 11.0 Å². The second kappa shape index (κ2) is 4.49. The molecule has 1 aliphatic heterocycles. The van der Waals surface area contributed by atoms with E-state index in [-0.39, 0.29) is 0 Å². The van der Waals surface area contributed by atoms with Gasteiger partial charge in [-0.1, -0.05) is 11.6 Å². The van der Waals surface area contributed by atoms with Gasteiger partial charge < -0.3 is 9.47 Å². The number of rotatable bonds is 2. The number of aryl methyl sites for hydroxylation is 2. The Labute approximate surface area is 127 Å². The van der Waals surface area contributed by atoms with Crippen LogP contribution in [-0.2, 0) is 14.1 Å². The summed E-state index contributed by atoms with van der Waals surface area (Å²) in [5, 5.41) is 4.99. The van der Waals surface area contributed by atoms with Gasteiger partial charge in [0.2, 0.25) is 5.95 Å². The number of aromatic nitrogens is 4. The molecule has 3 heterocycles. The lowest BCUT2D eigenvalue weighted by molar-refractivity contribution is 0.478. The van der Waals surface area contributed by atoms with Gasteiger partial charge in [-0.2, -0.15) is 5.10 Å². The van der Waals surface area contributed by atoms with Crippen molar-refractivity contribution in [2.24, 2.45) is 14.1 Å². The van der Waals surface area contributed by atoms with Crippen LogP contribution in [0.5, 0.6) is 0 Å². The lowest BCUT2D eigenvalue weighted by Gasteiger charge is -2.39. The van der Waals surface area contributed by atoms with Crippen LogP contribution in [0, 0.1) is 0 Å². The molecule has 0 saturated carbocycles. The molecule has 0 N–H and O–H groups in total. The van der Waals surface area contributed by atoms with Crippen molar-refractivity contribution in [3.05, 3.63) is 41.2 Å². The molecule has 4 rings (SSSR count). The molecule has 1 aromatic carbocycles. The monoisotopic (exact) mass is 301 g/mol. The molecule has 0 radical (unpaired) electrons. The van der Waals surface area contributed by atoms with Crippen LogP contribution >= 0.6 is 11.6 Å². The molecule has 0 unspecified atom stereocenters. The number of imidazole rings is 1. The van der Waals surface area contributed by atoms with Gasteiger partial charge in [-0.25, -0.2) is 4.98 Å². The highest BCUT2D eigenvalue weighted by Gasteiger charge is 2.32. The van der Waals surface area contributed by atoms with E-state index in [0.29, 0.717) is 5.92 Å². The lowest BCUT2D eigenvalue weighted by Crippen LogP contribution is -2.46. The summed E-state index contributed by atoms with van der Waals surface area (Å²) >= 11 is 6.07. The zero-order valence-electron chi connectivity index (χ0n) is 12.0. The van der Waals surface area contributed by atoms with E-state index in [2.05, 4.69) is 20.6 Å². The summed E-state index contributed by atoms with van der Waals surface area (Å²) < 4.78 is 4.07. The number of halogens is 1. The zero-order chi connectivity index (χ0) is 14.6. The van der Waals surface area contributed by atoms with E-state index in [1.165, 1.54) is 5.69 Å². The summed E-state index contributed by atoms with van der Waals surface area (Å²) in [7, 11) is 4.04. The topological polar surface area (TPSA) is 38.9 Å². The normalized spacial score (nSPS) is 15.7. The minimum Gasteiger partial charge on any atom is -0.341 e. The first-order valence-corrected chi connectivity index (χ1v) is 7.36. The molecule has 1 fully saturated rings. The third-order valence-corrected chi connectivity index (χ3v) is 4.50. The van der Waals surface area contributed by atoms with Gasteiger partial charge in [-0.15, -0.1) is 0 Å². The number of nitrogens with zero attached hydrogens (tertiary/aromatic N) is 5. The van der Waals surface area contributed by atoms with Crippen molar-refractivity contribution in [1.82, 2.24) is 19.3 Å². The van der Waals surface area contributed by atoms with Gasteiger partial charge >= 0.3 is 0 Å². The largest absolute Gasteiger partial charge is 0.341 e. The number of benzene rings is 1. The van der Waals surface area contributed by atoms with Crippen molar-refractivity contribution < 1.29 is 0 Å². The lowest BCUT2D eigenvalue weighted by atomic mass is 9.97. The minimum absolute atomic E-state index is 0.529. The minimum atomic E-state index is 0.529. The van der Waals surface area contributed by atoms with Crippen LogP contribution in [0.4, 0.5) is 5.95 Å². The van der Waals surface area contributed by atoms with E-state index in [1.54, 1.807) is 0 Å². The van der Waals surface area contributed by atoms with E-state index < -0.39 is 0 Å². The number of hydrogen-bond donors (Lipinski definition) is 0. The second-order valence-corrected chi connectivity index (χ2v) is 6.02. The van der Waals surface area contributed by atoms with Gasteiger partial charge in [0.1, 0.15) is 0 Å². The molecule has 0 atom stereocenters. The summed E-state index contributed by atoms with van der Waals surface area (Å²) in [6.07, 6.45) is 1.86. The molecular weight excluding hydrogens is 286 g/mol. The molecule has 1 saturated heterocycles. The predicted molar refractivity (Wildman–Crippen MR) is 83.9 cm³/mol. The van der Waals surface area contributed by atoms with Crippen LogP contribution in [0.25, 0.3) is 11.0 Å². The van der Waals surface area contributed by atoms with E-state index in [1.807, 2.05) is 43.2 Å². The average Bonchev–Trinajstić information content (AvgIpc) is 2.95. The third kappa shape index (κ3) is 1.92. The molecule has 0 amide bonds. The second-order valence-electron chi connectivity index (χ2n) is 5.59. The Balaban J connectivity index is 1.62. The van der Waals surface area contributed by atoms with Crippen molar-refractivity contribution in [2.75, 3.05) is 18.0 Å². The first kappa shape index (κ1) is 12.7. The summed E-state index contributed by atoms with van der Waals surface area (Å²) in [6.45, 7) is 1.95. The van der Waals surface area contributed by atoms with Crippen molar-refractivity contribution in [2.45, 2.75) is 5.92 Å². The summed E-state index contributed by atoms with van der Waals surface area (Å²) in [5.41, 5.74) is 3.34. The molecule has 1 aliphatic rings. The highest BCUT2D eigenvalue weighted by Crippen LogP contribution is 2.32. The fraction of sp³-hybridized carbons (Fsp3) is 0.333. The van der Waals surface area contributed by atoms with Crippen molar-refractivity contribution in [1.29, 1.82) is 0 Å². The maximum atomic E-state index is 6.07. The van der Waals surface area contributed by atoms with Crippen LogP contribution in [0.1, 0.15) is 11.6 Å². The molecule has 5 nitrogen and oxygen atoms in total. The average molecular weight is 302 g/mol. The maximum Gasteiger partial charge on any atom is 0.206 e. The van der Waals surface area contributed by atoms with Crippen molar-refractivity contribution in [3.63, 3.8) is 0 Å². The third-order valence-electron chi connectivity index (χ3n) is 4.26. The van der Waals surface area contributed by atoms with Crippen LogP contribution < -0.4 is 4.90 Å². The Morgan fingerprint density at radius 3 is 2.71 bits per heavy atom. The van der Waals surface area contributed by atoms with Crippen molar-refractivity contribution >= 4 is 28.6 Å². The maximum absolute atomic E-state index is 6.07. The van der Waals surface area contributed by atoms with E-state index in [0.717, 1.165) is 35.1 Å². The van der Waals surface area contributed by atoms with E-state index >= 15 is 0 Å². The quantitative estimate of drug-likeness (QED) is 0.730. The molecule has 108 valence electrons. The first-order valence-electron chi connectivity index (χ1n) is 6.98. The highest BCUT2D eigenvalue weighted by atomic mass is 35.5. The molecule has 0 spiro atoms. The Morgan fingerprint density at radius 1 is 1.19 bits per heavy atom. The van der Waals surface area contributed by atoms with Gasteiger partial charge in [-0.05, 0) is 24.3 Å². The summed E-state index contributed by atoms with van der Waals surface area (Å²) in [6, 6.07) is 7.91. The molecule has 0 aliphatic carbocycles. The zero-order valence-corrected chi connectivity index (χ0v) is 12.7. The van der Waals surface area contributed by atoms with E-state index in [9.17, 15) is 0 Å². The van der Waals surface area contributed by atoms with E-state index in [4.69, 9.17) is 16.6 Å². The Bertz CT molecular complexity index is 813. The molecule has 3 aromatic rings. The fourth-order valence-electron chi connectivity index (χ4n) is 3.05. The molecule has 2 aromatic heterocycles. The van der Waals surface area contributed by atoms with Gasteiger partial charge in [-0.3, -0.25) is 4.68 Å². The standard InChI is InChI=1S/C15H16ClN5/c1-19-14-7-11(16)3-4-12(14)18-15(19)21-8-10(9-21)13-5-6-17-20(13)2/h3-7,10H,8-9H2,1-2H3. The van der Waals surface area contributed by atoms with Gasteiger partial charge in [0, 0.05) is 50.0 Å². The van der Waals surface area contributed by atoms with Crippen LogP contribution in [-0.4, -0.2) is 32.4 Å². The van der Waals surface area contributed by atoms with Crippen molar-refractivity contribution in [3.8, 4) is 0 Å². The van der Waals surface area contributed by atoms with Crippen LogP contribution in [0.15, 0.2) is 30.5 Å². The Morgan fingerprint density at radius 2 is 2.00 bits per heavy atom. The highest BCUT2D eigenvalue weighted by molar-refractivity contribution is 6.31. The molecule has 6 heteroatoms. The number of hydrogen-bond acceptors (Lipinski definition) is 3. The first-order chi connectivity index (χ1) is 10.1. The SMILES string of the molecule is Cn1nccc1C1CN(c2nc3ccc(Cl)cc3n2C)C1. The smallest absolute Gasteiger partial charge is 0.206 e. The van der Waals surface area contributed by atoms with Gasteiger partial charge in [0.15, 0.2) is 0 Å².